The van der Waals surface area contributed by atoms with E-state index >= 15 is 0 Å². The lowest BCUT2D eigenvalue weighted by Crippen LogP contribution is -2.35. The lowest BCUT2D eigenvalue weighted by molar-refractivity contribution is 0.243. The number of nitrogens with one attached hydrogen (secondary N) is 2. The lowest BCUT2D eigenvalue weighted by atomic mass is 9.97. The quantitative estimate of drug-likeness (QED) is 0.795. The van der Waals surface area contributed by atoms with Crippen LogP contribution in [0.5, 0.6) is 0 Å². The van der Waals surface area contributed by atoms with Crippen molar-refractivity contribution >= 4 is 28.9 Å². The average Bonchev–Trinajstić information content (AvgIpc) is 3.44. The lowest BCUT2D eigenvalue weighted by Gasteiger charge is -2.24. The molecule has 1 aliphatic heterocycles. The van der Waals surface area contributed by atoms with Crippen LogP contribution in [-0.4, -0.2) is 24.1 Å². The molecule has 2 aromatic rings. The van der Waals surface area contributed by atoms with Crippen molar-refractivity contribution in [3.63, 3.8) is 0 Å². The van der Waals surface area contributed by atoms with Crippen LogP contribution in [-0.2, 0) is 0 Å². The Hall–Kier alpha value is -2.08. The molecule has 1 saturated carbocycles. The maximum absolute atomic E-state index is 12.6. The van der Waals surface area contributed by atoms with Gasteiger partial charge in [-0.25, -0.2) is 9.78 Å². The number of rotatable bonds is 5. The van der Waals surface area contributed by atoms with Crippen LogP contribution >= 0.6 is 11.3 Å². The Kier molecular flexibility index (Phi) is 5.39. The Bertz CT molecular complexity index is 704. The number of aromatic nitrogens is 1. The van der Waals surface area contributed by atoms with Gasteiger partial charge in [0.15, 0.2) is 0 Å². The van der Waals surface area contributed by atoms with Crippen LogP contribution in [0.2, 0.25) is 0 Å². The van der Waals surface area contributed by atoms with Crippen molar-refractivity contribution in [1.82, 2.24) is 10.3 Å². The van der Waals surface area contributed by atoms with Crippen molar-refractivity contribution in [2.45, 2.75) is 44.6 Å². The average molecular weight is 371 g/mol. The number of carbonyl (C=O) groups excluding carboxylic acids is 1. The molecule has 2 aromatic heterocycles. The smallest absolute Gasteiger partial charge is 0.319 e. The molecule has 2 N–H and O–H groups in total. The highest BCUT2D eigenvalue weighted by atomic mass is 32.1. The molecule has 0 radical (unpaired) electrons. The van der Waals surface area contributed by atoms with Crippen LogP contribution in [0.4, 0.5) is 16.3 Å². The van der Waals surface area contributed by atoms with Crippen molar-refractivity contribution in [2.24, 2.45) is 5.92 Å². The summed E-state index contributed by atoms with van der Waals surface area (Å²) >= 11 is 1.72. The first kappa shape index (κ1) is 17.3. The number of thiophene rings is 1. The fourth-order valence-corrected chi connectivity index (χ4v) is 4.95. The number of hydrogen-bond donors (Lipinski definition) is 2. The van der Waals surface area contributed by atoms with Gasteiger partial charge >= 0.3 is 6.03 Å². The number of urea groups is 1. The van der Waals surface area contributed by atoms with Gasteiger partial charge in [-0.3, -0.25) is 0 Å². The molecule has 0 spiro atoms. The molecule has 0 aromatic carbocycles. The second-order valence-electron chi connectivity index (χ2n) is 7.24. The highest BCUT2D eigenvalue weighted by Crippen LogP contribution is 2.37. The summed E-state index contributed by atoms with van der Waals surface area (Å²) < 4.78 is 0. The number of nitrogens with zero attached hydrogens (tertiary/aromatic N) is 2. The van der Waals surface area contributed by atoms with Gasteiger partial charge in [-0.15, -0.1) is 11.3 Å². The summed E-state index contributed by atoms with van der Waals surface area (Å²) in [7, 11) is 0. The van der Waals surface area contributed by atoms with Gasteiger partial charge < -0.3 is 15.5 Å². The highest BCUT2D eigenvalue weighted by molar-refractivity contribution is 7.10. The molecule has 4 rings (SSSR count). The first-order valence-electron chi connectivity index (χ1n) is 9.61. The van der Waals surface area contributed by atoms with E-state index in [1.165, 1.54) is 43.4 Å². The van der Waals surface area contributed by atoms with E-state index in [-0.39, 0.29) is 12.1 Å². The predicted octanol–water partition coefficient (Wildman–Crippen LogP) is 4.80. The van der Waals surface area contributed by atoms with Crippen LogP contribution in [0.3, 0.4) is 0 Å². The minimum Gasteiger partial charge on any atom is -0.357 e. The third-order valence-corrected chi connectivity index (χ3v) is 6.40. The largest absolute Gasteiger partial charge is 0.357 e. The molecule has 2 aliphatic rings. The second-order valence-corrected chi connectivity index (χ2v) is 8.21. The summed E-state index contributed by atoms with van der Waals surface area (Å²) in [5.41, 5.74) is 0.738. The molecular formula is C20H26N4OS. The first-order valence-corrected chi connectivity index (χ1v) is 10.5. The molecule has 0 bridgehead atoms. The molecule has 1 atom stereocenters. The zero-order valence-corrected chi connectivity index (χ0v) is 15.8. The molecule has 26 heavy (non-hydrogen) atoms. The number of anilines is 2. The van der Waals surface area contributed by atoms with Crippen molar-refractivity contribution in [3.8, 4) is 0 Å². The van der Waals surface area contributed by atoms with E-state index in [2.05, 4.69) is 38.0 Å². The summed E-state index contributed by atoms with van der Waals surface area (Å²) in [6, 6.07) is 8.08. The molecule has 138 valence electrons. The summed E-state index contributed by atoms with van der Waals surface area (Å²) in [6.45, 7) is 2.15. The SMILES string of the molecule is O=C(Nc1ccc(N2CCCC2)nc1)NC(c1cccs1)C1CCCC1. The Morgan fingerprint density at radius 2 is 1.96 bits per heavy atom. The van der Waals surface area contributed by atoms with E-state index < -0.39 is 0 Å². The maximum Gasteiger partial charge on any atom is 0.319 e. The summed E-state index contributed by atoms with van der Waals surface area (Å²) in [6.07, 6.45) is 9.12. The van der Waals surface area contributed by atoms with Crippen LogP contribution in [0.15, 0.2) is 35.8 Å². The van der Waals surface area contributed by atoms with Crippen LogP contribution in [0.1, 0.15) is 49.4 Å². The minimum absolute atomic E-state index is 0.106. The fourth-order valence-electron chi connectivity index (χ4n) is 4.08. The minimum atomic E-state index is -0.147. The normalized spacial score (nSPS) is 18.8. The van der Waals surface area contributed by atoms with E-state index in [4.69, 9.17) is 0 Å². The van der Waals surface area contributed by atoms with Gasteiger partial charge in [-0.05, 0) is 55.2 Å². The highest BCUT2D eigenvalue weighted by Gasteiger charge is 2.28. The molecule has 2 fully saturated rings. The predicted molar refractivity (Wildman–Crippen MR) is 107 cm³/mol. The Morgan fingerprint density at radius 1 is 1.15 bits per heavy atom. The Morgan fingerprint density at radius 3 is 2.62 bits per heavy atom. The maximum atomic E-state index is 12.6. The zero-order chi connectivity index (χ0) is 17.8. The molecule has 3 heterocycles. The third kappa shape index (κ3) is 4.01. The molecule has 1 saturated heterocycles. The van der Waals surface area contributed by atoms with Gasteiger partial charge in [0, 0.05) is 18.0 Å². The molecular weight excluding hydrogens is 344 g/mol. The topological polar surface area (TPSA) is 57.3 Å². The van der Waals surface area contributed by atoms with E-state index in [1.807, 2.05) is 12.1 Å². The molecule has 1 aliphatic carbocycles. The Balaban J connectivity index is 1.38. The van der Waals surface area contributed by atoms with Crippen molar-refractivity contribution in [2.75, 3.05) is 23.3 Å². The standard InChI is InChI=1S/C20H26N4OS/c25-20(22-16-9-10-18(21-14-16)24-11-3-4-12-24)23-19(15-6-1-2-7-15)17-8-5-13-26-17/h5,8-10,13-15,19H,1-4,6-7,11-12H2,(H2,22,23,25). The van der Waals surface area contributed by atoms with Crippen molar-refractivity contribution in [3.05, 3.63) is 40.7 Å². The van der Waals surface area contributed by atoms with E-state index in [9.17, 15) is 4.79 Å². The van der Waals surface area contributed by atoms with Gasteiger partial charge in [-0.2, -0.15) is 0 Å². The molecule has 6 heteroatoms. The van der Waals surface area contributed by atoms with Crippen LogP contribution in [0.25, 0.3) is 0 Å². The van der Waals surface area contributed by atoms with Gasteiger partial charge in [0.2, 0.25) is 0 Å². The number of pyridine rings is 1. The first-order chi connectivity index (χ1) is 12.8. The van der Waals surface area contributed by atoms with Crippen molar-refractivity contribution < 1.29 is 4.79 Å². The third-order valence-electron chi connectivity index (χ3n) is 5.44. The van der Waals surface area contributed by atoms with Gasteiger partial charge in [0.05, 0.1) is 17.9 Å². The summed E-state index contributed by atoms with van der Waals surface area (Å²) in [4.78, 5) is 20.6. The second kappa shape index (κ2) is 8.08. The van der Waals surface area contributed by atoms with E-state index in [1.54, 1.807) is 17.5 Å². The van der Waals surface area contributed by atoms with Crippen LogP contribution < -0.4 is 15.5 Å². The summed E-state index contributed by atoms with van der Waals surface area (Å²) in [5.74, 6) is 1.53. The number of hydrogen-bond acceptors (Lipinski definition) is 4. The molecule has 5 nitrogen and oxygen atoms in total. The van der Waals surface area contributed by atoms with Gasteiger partial charge in [0.1, 0.15) is 5.82 Å². The fraction of sp³-hybridized carbons (Fsp3) is 0.500. The van der Waals surface area contributed by atoms with E-state index in [0.717, 1.165) is 24.6 Å². The van der Waals surface area contributed by atoms with Crippen molar-refractivity contribution in [1.29, 1.82) is 0 Å². The van der Waals surface area contributed by atoms with Crippen LogP contribution in [0, 0.1) is 5.92 Å². The number of amides is 2. The van der Waals surface area contributed by atoms with Gasteiger partial charge in [0.25, 0.3) is 0 Å². The van der Waals surface area contributed by atoms with E-state index in [0.29, 0.717) is 5.92 Å². The zero-order valence-electron chi connectivity index (χ0n) is 15.0. The Labute approximate surface area is 158 Å². The monoisotopic (exact) mass is 370 g/mol. The molecule has 2 amide bonds. The molecule has 1 unspecified atom stereocenters. The van der Waals surface area contributed by atoms with Gasteiger partial charge in [-0.1, -0.05) is 18.9 Å². The summed E-state index contributed by atoms with van der Waals surface area (Å²) in [5, 5.41) is 8.23. The number of carbonyl (C=O) groups is 1.